The normalized spacial score (nSPS) is 34.2. The van der Waals surface area contributed by atoms with Crippen LogP contribution in [-0.4, -0.2) is 11.2 Å². The largest absolute Gasteiger partial charge is 0.359 e. The second-order valence-electron chi connectivity index (χ2n) is 9.38. The molecular weight excluding hydrogens is 312 g/mol. The van der Waals surface area contributed by atoms with Gasteiger partial charge in [0.05, 0.1) is 0 Å². The van der Waals surface area contributed by atoms with E-state index < -0.39 is 0 Å². The molecule has 0 unspecified atom stereocenters. The number of thiocarbonyl (C=S) groups is 1. The molecule has 2 nitrogen and oxygen atoms in total. The van der Waals surface area contributed by atoms with Crippen molar-refractivity contribution in [1.82, 2.24) is 5.32 Å². The Kier molecular flexibility index (Phi) is 4.11. The van der Waals surface area contributed by atoms with Crippen molar-refractivity contribution in [2.75, 3.05) is 5.32 Å². The van der Waals surface area contributed by atoms with Crippen molar-refractivity contribution in [3.63, 3.8) is 0 Å². The van der Waals surface area contributed by atoms with Gasteiger partial charge in [0.25, 0.3) is 0 Å². The van der Waals surface area contributed by atoms with Crippen LogP contribution in [0.4, 0.5) is 5.69 Å². The fourth-order valence-corrected chi connectivity index (χ4v) is 5.79. The maximum absolute atomic E-state index is 5.62. The van der Waals surface area contributed by atoms with Crippen LogP contribution in [0.5, 0.6) is 0 Å². The molecule has 0 radical (unpaired) electrons. The fraction of sp³-hybridized carbons (Fsp3) is 0.667. The zero-order chi connectivity index (χ0) is 16.9. The summed E-state index contributed by atoms with van der Waals surface area (Å²) < 4.78 is 0. The van der Waals surface area contributed by atoms with E-state index in [1.165, 1.54) is 37.7 Å². The molecule has 0 heterocycles. The Bertz CT molecular complexity index is 586. The van der Waals surface area contributed by atoms with Crippen LogP contribution < -0.4 is 10.6 Å². The number of rotatable bonds is 2. The minimum Gasteiger partial charge on any atom is -0.359 e. The molecule has 5 rings (SSSR count). The summed E-state index contributed by atoms with van der Waals surface area (Å²) in [5.74, 6) is 3.72. The number of hydrogen-bond acceptors (Lipinski definition) is 1. The average Bonchev–Trinajstić information content (AvgIpc) is 2.50. The second-order valence-corrected chi connectivity index (χ2v) is 9.79. The molecule has 1 aromatic carbocycles. The topological polar surface area (TPSA) is 24.1 Å². The Labute approximate surface area is 151 Å². The quantitative estimate of drug-likeness (QED) is 0.732. The predicted octanol–water partition coefficient (Wildman–Crippen LogP) is 5.10. The molecule has 3 heteroatoms. The Balaban J connectivity index is 1.37. The van der Waals surface area contributed by atoms with Crippen LogP contribution >= 0.6 is 12.2 Å². The number of anilines is 1. The molecule has 0 saturated heterocycles. The summed E-state index contributed by atoms with van der Waals surface area (Å²) in [6, 6.07) is 9.30. The van der Waals surface area contributed by atoms with Gasteiger partial charge in [-0.3, -0.25) is 0 Å². The van der Waals surface area contributed by atoms with Crippen molar-refractivity contribution in [2.24, 2.45) is 23.7 Å². The lowest BCUT2D eigenvalue weighted by Gasteiger charge is -2.54. The van der Waals surface area contributed by atoms with Crippen molar-refractivity contribution in [1.29, 1.82) is 0 Å². The van der Waals surface area contributed by atoms with Gasteiger partial charge >= 0.3 is 0 Å². The Morgan fingerprint density at radius 1 is 0.917 bits per heavy atom. The minimum absolute atomic E-state index is 0.192. The van der Waals surface area contributed by atoms with E-state index in [0.29, 0.717) is 6.04 Å². The molecule has 2 N–H and O–H groups in total. The molecule has 0 amide bonds. The van der Waals surface area contributed by atoms with E-state index in [-0.39, 0.29) is 5.41 Å². The molecule has 1 aromatic rings. The first-order chi connectivity index (χ1) is 11.4. The third-order valence-electron chi connectivity index (χ3n) is 6.53. The van der Waals surface area contributed by atoms with Gasteiger partial charge < -0.3 is 10.6 Å². The molecule has 4 aliphatic carbocycles. The molecule has 4 bridgehead atoms. The Morgan fingerprint density at radius 2 is 1.46 bits per heavy atom. The third kappa shape index (κ3) is 3.20. The monoisotopic (exact) mass is 342 g/mol. The smallest absolute Gasteiger partial charge is 0.171 e. The van der Waals surface area contributed by atoms with Gasteiger partial charge in [-0.15, -0.1) is 0 Å². The lowest BCUT2D eigenvalue weighted by molar-refractivity contribution is -0.00665. The van der Waals surface area contributed by atoms with E-state index in [9.17, 15) is 0 Å². The highest BCUT2D eigenvalue weighted by Crippen LogP contribution is 2.53. The molecule has 24 heavy (non-hydrogen) atoms. The van der Waals surface area contributed by atoms with Crippen LogP contribution in [0.15, 0.2) is 24.3 Å². The zero-order valence-electron chi connectivity index (χ0n) is 15.1. The van der Waals surface area contributed by atoms with E-state index in [2.05, 4.69) is 55.7 Å². The van der Waals surface area contributed by atoms with Crippen LogP contribution in [0, 0.1) is 23.7 Å². The van der Waals surface area contributed by atoms with Gasteiger partial charge in [-0.2, -0.15) is 0 Å². The van der Waals surface area contributed by atoms with Gasteiger partial charge in [0.1, 0.15) is 0 Å². The molecular formula is C21H30N2S. The summed E-state index contributed by atoms with van der Waals surface area (Å²) in [7, 11) is 0. The van der Waals surface area contributed by atoms with Crippen LogP contribution in [0.3, 0.4) is 0 Å². The molecule has 130 valence electrons. The standard InChI is InChI=1S/C21H30N2S/c1-21(2,3)17-4-6-18(7-5-17)22-20(24)23-19-15-9-13-8-14(11-15)12-16(19)10-13/h4-7,13-16,19H,8-12H2,1-3H3,(H2,22,23,24). The molecule has 0 aromatic heterocycles. The molecule has 0 aliphatic heterocycles. The number of hydrogen-bond donors (Lipinski definition) is 2. The summed E-state index contributed by atoms with van der Waals surface area (Å²) >= 11 is 5.62. The van der Waals surface area contributed by atoms with Crippen LogP contribution in [0.2, 0.25) is 0 Å². The molecule has 0 spiro atoms. The number of benzene rings is 1. The van der Waals surface area contributed by atoms with Crippen molar-refractivity contribution in [2.45, 2.75) is 64.3 Å². The summed E-state index contributed by atoms with van der Waals surface area (Å²) in [4.78, 5) is 0. The zero-order valence-corrected chi connectivity index (χ0v) is 16.0. The predicted molar refractivity (Wildman–Crippen MR) is 105 cm³/mol. The highest BCUT2D eigenvalue weighted by molar-refractivity contribution is 7.80. The SMILES string of the molecule is CC(C)(C)c1ccc(NC(=S)NC2C3CC4CC(C3)CC2C4)cc1. The van der Waals surface area contributed by atoms with Gasteiger partial charge in [-0.05, 0) is 91.1 Å². The van der Waals surface area contributed by atoms with Crippen molar-refractivity contribution in [3.05, 3.63) is 29.8 Å². The van der Waals surface area contributed by atoms with Crippen LogP contribution in [0.25, 0.3) is 0 Å². The van der Waals surface area contributed by atoms with E-state index in [0.717, 1.165) is 34.5 Å². The lowest BCUT2D eigenvalue weighted by atomic mass is 9.54. The molecule has 0 atom stereocenters. The number of nitrogens with one attached hydrogen (secondary N) is 2. The van der Waals surface area contributed by atoms with Crippen molar-refractivity contribution < 1.29 is 0 Å². The van der Waals surface area contributed by atoms with E-state index in [1.54, 1.807) is 0 Å². The highest BCUT2D eigenvalue weighted by Gasteiger charge is 2.48. The third-order valence-corrected chi connectivity index (χ3v) is 6.75. The van der Waals surface area contributed by atoms with Gasteiger partial charge in [0, 0.05) is 11.7 Å². The average molecular weight is 343 g/mol. The van der Waals surface area contributed by atoms with E-state index >= 15 is 0 Å². The van der Waals surface area contributed by atoms with Gasteiger partial charge in [-0.1, -0.05) is 32.9 Å². The fourth-order valence-electron chi connectivity index (χ4n) is 5.53. The Morgan fingerprint density at radius 3 is 1.96 bits per heavy atom. The van der Waals surface area contributed by atoms with E-state index in [4.69, 9.17) is 12.2 Å². The maximum Gasteiger partial charge on any atom is 0.171 e. The first-order valence-corrected chi connectivity index (χ1v) is 9.97. The highest BCUT2D eigenvalue weighted by atomic mass is 32.1. The lowest BCUT2D eigenvalue weighted by Crippen LogP contribution is -2.56. The minimum atomic E-state index is 0.192. The summed E-state index contributed by atoms with van der Waals surface area (Å²) in [6.45, 7) is 6.73. The van der Waals surface area contributed by atoms with Gasteiger partial charge in [-0.25, -0.2) is 0 Å². The van der Waals surface area contributed by atoms with E-state index in [1.807, 2.05) is 0 Å². The van der Waals surface area contributed by atoms with Gasteiger partial charge in [0.2, 0.25) is 0 Å². The summed E-state index contributed by atoms with van der Waals surface area (Å²) in [5, 5.41) is 7.88. The maximum atomic E-state index is 5.62. The summed E-state index contributed by atoms with van der Waals surface area (Å²) in [5.41, 5.74) is 2.63. The molecule has 4 saturated carbocycles. The molecule has 4 fully saturated rings. The van der Waals surface area contributed by atoms with Crippen LogP contribution in [-0.2, 0) is 5.41 Å². The molecule has 4 aliphatic rings. The first-order valence-electron chi connectivity index (χ1n) is 9.56. The summed E-state index contributed by atoms with van der Waals surface area (Å²) in [6.07, 6.45) is 7.20. The Hall–Kier alpha value is -1.09. The van der Waals surface area contributed by atoms with Crippen molar-refractivity contribution in [3.8, 4) is 0 Å². The van der Waals surface area contributed by atoms with Crippen LogP contribution in [0.1, 0.15) is 58.4 Å². The van der Waals surface area contributed by atoms with Gasteiger partial charge in [0.15, 0.2) is 5.11 Å². The second kappa shape index (κ2) is 6.01. The van der Waals surface area contributed by atoms with Crippen molar-refractivity contribution >= 4 is 23.0 Å². The first kappa shape index (κ1) is 16.4.